The lowest BCUT2D eigenvalue weighted by molar-refractivity contribution is 0.0488. The average Bonchev–Trinajstić information content (AvgIpc) is 2.88. The third-order valence-electron chi connectivity index (χ3n) is 7.98. The minimum absolute atomic E-state index is 0.113. The number of hydrogen-bond donors (Lipinski definition) is 0. The fourth-order valence-electron chi connectivity index (χ4n) is 6.30. The Labute approximate surface area is 229 Å². The van der Waals surface area contributed by atoms with Crippen LogP contribution in [0, 0.1) is 0 Å². The SMILES string of the molecule is C[C@@H]1C[C@@H](C)OP(Oc2ccc3c(c2-c2c(OP4O[C@H](C)C[C@@H](C)O4)ccc4c2CCCC4)CCCC3)O1. The molecule has 6 nitrogen and oxygen atoms in total. The van der Waals surface area contributed by atoms with E-state index in [1.165, 1.54) is 47.9 Å². The molecule has 2 aliphatic heterocycles. The monoisotopic (exact) mass is 558 g/mol. The van der Waals surface area contributed by atoms with Gasteiger partial charge in [-0.05, 0) is 113 Å². The zero-order chi connectivity index (χ0) is 26.2. The van der Waals surface area contributed by atoms with Crippen molar-refractivity contribution in [2.24, 2.45) is 0 Å². The molecule has 0 bridgehead atoms. The van der Waals surface area contributed by atoms with E-state index in [2.05, 4.69) is 52.0 Å². The first-order valence-corrected chi connectivity index (χ1v) is 16.6. The fourth-order valence-corrected chi connectivity index (χ4v) is 8.72. The first kappa shape index (κ1) is 26.9. The average molecular weight is 559 g/mol. The summed E-state index contributed by atoms with van der Waals surface area (Å²) in [5.41, 5.74) is 7.90. The van der Waals surface area contributed by atoms with Gasteiger partial charge >= 0.3 is 17.2 Å². The third kappa shape index (κ3) is 5.78. The van der Waals surface area contributed by atoms with Gasteiger partial charge in [0.05, 0.1) is 24.4 Å². The third-order valence-corrected chi connectivity index (χ3v) is 10.8. The summed E-state index contributed by atoms with van der Waals surface area (Å²) in [6.45, 7) is 8.39. The molecule has 8 heteroatoms. The van der Waals surface area contributed by atoms with Gasteiger partial charge in [-0.15, -0.1) is 0 Å². The lowest BCUT2D eigenvalue weighted by Gasteiger charge is -2.33. The Morgan fingerprint density at radius 3 is 1.32 bits per heavy atom. The number of rotatable bonds is 5. The predicted molar refractivity (Wildman–Crippen MR) is 152 cm³/mol. The highest BCUT2D eigenvalue weighted by atomic mass is 31.2. The number of aryl methyl sites for hydroxylation is 2. The van der Waals surface area contributed by atoms with Crippen molar-refractivity contribution in [2.45, 2.75) is 116 Å². The second-order valence-electron chi connectivity index (χ2n) is 11.3. The molecule has 2 heterocycles. The zero-order valence-corrected chi connectivity index (χ0v) is 24.8. The summed E-state index contributed by atoms with van der Waals surface area (Å²) in [6.07, 6.45) is 11.3. The molecule has 2 aliphatic carbocycles. The highest BCUT2D eigenvalue weighted by molar-refractivity contribution is 7.42. The van der Waals surface area contributed by atoms with Gasteiger partial charge in [-0.2, -0.15) is 0 Å². The molecule has 2 saturated heterocycles. The van der Waals surface area contributed by atoms with E-state index < -0.39 is 17.2 Å². The van der Waals surface area contributed by atoms with Crippen LogP contribution in [0.2, 0.25) is 0 Å². The summed E-state index contributed by atoms with van der Waals surface area (Å²) >= 11 is 0. The predicted octanol–water partition coefficient (Wildman–Crippen LogP) is 8.75. The van der Waals surface area contributed by atoms with Crippen molar-refractivity contribution >= 4 is 17.2 Å². The van der Waals surface area contributed by atoms with Gasteiger partial charge in [0.2, 0.25) is 0 Å². The summed E-state index contributed by atoms with van der Waals surface area (Å²) in [7, 11) is -2.96. The molecule has 0 N–H and O–H groups in total. The summed E-state index contributed by atoms with van der Waals surface area (Å²) < 4.78 is 37.8. The molecule has 2 aromatic carbocycles. The molecule has 4 aliphatic rings. The molecule has 0 unspecified atom stereocenters. The Bertz CT molecular complexity index is 1050. The van der Waals surface area contributed by atoms with E-state index >= 15 is 0 Å². The highest BCUT2D eigenvalue weighted by Crippen LogP contribution is 2.55. The Morgan fingerprint density at radius 2 is 0.921 bits per heavy atom. The molecule has 0 aromatic heterocycles. The van der Waals surface area contributed by atoms with Gasteiger partial charge in [-0.3, -0.25) is 18.1 Å². The number of benzene rings is 2. The Balaban J connectivity index is 1.46. The molecule has 6 rings (SSSR count). The topological polar surface area (TPSA) is 55.4 Å². The van der Waals surface area contributed by atoms with Crippen LogP contribution in [-0.4, -0.2) is 24.4 Å². The van der Waals surface area contributed by atoms with Crippen LogP contribution in [-0.2, 0) is 43.8 Å². The van der Waals surface area contributed by atoms with Crippen LogP contribution in [0.15, 0.2) is 24.3 Å². The Hall–Kier alpha value is -1.26. The lowest BCUT2D eigenvalue weighted by atomic mass is 9.80. The largest absolute Gasteiger partial charge is 0.426 e. The standard InChI is InChI=1S/C30H40O6P2/c1-19-17-20(2)32-37(31-19)35-27-15-13-23-9-5-7-11-25(23)29(27)30-26-12-8-6-10-24(26)14-16-28(30)36-38-33-21(3)18-22(4)34-38/h13-16,19-22H,5-12,17-18H2,1-4H3/t19-,20-,21-,22-/m1/s1. The van der Waals surface area contributed by atoms with Crippen molar-refractivity contribution in [3.63, 3.8) is 0 Å². The molecule has 38 heavy (non-hydrogen) atoms. The summed E-state index contributed by atoms with van der Waals surface area (Å²) in [4.78, 5) is 0. The van der Waals surface area contributed by atoms with Gasteiger partial charge in [0.1, 0.15) is 11.5 Å². The maximum Gasteiger partial charge on any atom is 0.397 e. The van der Waals surface area contributed by atoms with Crippen LogP contribution in [0.1, 0.15) is 88.5 Å². The van der Waals surface area contributed by atoms with Crippen LogP contribution >= 0.6 is 17.2 Å². The van der Waals surface area contributed by atoms with E-state index in [0.717, 1.165) is 61.2 Å². The molecular weight excluding hydrogens is 518 g/mol. The van der Waals surface area contributed by atoms with Gasteiger partial charge in [-0.25, -0.2) is 0 Å². The Kier molecular flexibility index (Phi) is 8.29. The maximum absolute atomic E-state index is 6.63. The quantitative estimate of drug-likeness (QED) is 0.342. The molecule has 0 saturated carbocycles. The van der Waals surface area contributed by atoms with E-state index in [1.54, 1.807) is 0 Å². The lowest BCUT2D eigenvalue weighted by Crippen LogP contribution is -2.24. The number of fused-ring (bicyclic) bond motifs is 2. The molecule has 0 radical (unpaired) electrons. The van der Waals surface area contributed by atoms with Gasteiger partial charge in [0, 0.05) is 24.0 Å². The van der Waals surface area contributed by atoms with Gasteiger partial charge < -0.3 is 9.05 Å². The number of hydrogen-bond acceptors (Lipinski definition) is 6. The molecule has 2 fully saturated rings. The van der Waals surface area contributed by atoms with E-state index in [-0.39, 0.29) is 24.4 Å². The van der Waals surface area contributed by atoms with Crippen molar-refractivity contribution < 1.29 is 27.1 Å². The molecule has 4 atom stereocenters. The summed E-state index contributed by atoms with van der Waals surface area (Å²) in [6, 6.07) is 8.76. The van der Waals surface area contributed by atoms with Crippen molar-refractivity contribution in [3.05, 3.63) is 46.5 Å². The van der Waals surface area contributed by atoms with E-state index in [1.807, 2.05) is 0 Å². The molecular formula is C30H40O6P2. The van der Waals surface area contributed by atoms with Crippen LogP contribution in [0.5, 0.6) is 11.5 Å². The van der Waals surface area contributed by atoms with E-state index in [4.69, 9.17) is 27.1 Å². The van der Waals surface area contributed by atoms with Crippen molar-refractivity contribution in [2.75, 3.05) is 0 Å². The minimum Gasteiger partial charge on any atom is -0.426 e. The smallest absolute Gasteiger partial charge is 0.397 e. The zero-order valence-electron chi connectivity index (χ0n) is 23.0. The van der Waals surface area contributed by atoms with E-state index in [0.29, 0.717) is 0 Å². The molecule has 0 amide bonds. The van der Waals surface area contributed by atoms with Crippen LogP contribution < -0.4 is 9.05 Å². The summed E-state index contributed by atoms with van der Waals surface area (Å²) in [5.74, 6) is 1.67. The fraction of sp³-hybridized carbons (Fsp3) is 0.600. The van der Waals surface area contributed by atoms with E-state index in [9.17, 15) is 0 Å². The first-order chi connectivity index (χ1) is 18.4. The van der Waals surface area contributed by atoms with Crippen molar-refractivity contribution in [1.82, 2.24) is 0 Å². The van der Waals surface area contributed by atoms with Gasteiger partial charge in [0.25, 0.3) is 0 Å². The van der Waals surface area contributed by atoms with Crippen molar-refractivity contribution in [1.29, 1.82) is 0 Å². The van der Waals surface area contributed by atoms with Crippen molar-refractivity contribution in [3.8, 4) is 22.6 Å². The van der Waals surface area contributed by atoms with Crippen LogP contribution in [0.3, 0.4) is 0 Å². The first-order valence-electron chi connectivity index (χ1n) is 14.4. The van der Waals surface area contributed by atoms with Gasteiger partial charge in [0.15, 0.2) is 0 Å². The minimum atomic E-state index is -1.48. The molecule has 2 aromatic rings. The second-order valence-corrected chi connectivity index (χ2v) is 13.4. The molecule has 206 valence electrons. The van der Waals surface area contributed by atoms with Crippen LogP contribution in [0.4, 0.5) is 0 Å². The highest BCUT2D eigenvalue weighted by Gasteiger charge is 2.34. The Morgan fingerprint density at radius 1 is 0.553 bits per heavy atom. The van der Waals surface area contributed by atoms with Gasteiger partial charge in [-0.1, -0.05) is 12.1 Å². The normalized spacial score (nSPS) is 31.3. The van der Waals surface area contributed by atoms with Crippen LogP contribution in [0.25, 0.3) is 11.1 Å². The molecule has 0 spiro atoms. The second kappa shape index (κ2) is 11.7. The summed E-state index contributed by atoms with van der Waals surface area (Å²) in [5, 5.41) is 0. The maximum atomic E-state index is 6.63.